The predicted octanol–water partition coefficient (Wildman–Crippen LogP) is 5.97. The molecule has 3 N–H and O–H groups in total. The van der Waals surface area contributed by atoms with Crippen molar-refractivity contribution in [3.05, 3.63) is 84.3 Å². The third-order valence-electron chi connectivity index (χ3n) is 4.74. The van der Waals surface area contributed by atoms with E-state index in [1.54, 1.807) is 12.4 Å². The summed E-state index contributed by atoms with van der Waals surface area (Å²) in [5.41, 5.74) is 6.76. The molecular weight excluding hydrogens is 370 g/mol. The van der Waals surface area contributed by atoms with E-state index in [0.717, 1.165) is 39.0 Å². The quantitative estimate of drug-likeness (QED) is 0.350. The van der Waals surface area contributed by atoms with Gasteiger partial charge >= 0.3 is 0 Å². The first-order chi connectivity index (χ1) is 14.8. The van der Waals surface area contributed by atoms with Crippen molar-refractivity contribution in [2.75, 3.05) is 17.7 Å². The molecule has 0 spiro atoms. The zero-order chi connectivity index (χ0) is 21.3. The van der Waals surface area contributed by atoms with Gasteiger partial charge in [-0.1, -0.05) is 50.2 Å². The van der Waals surface area contributed by atoms with Gasteiger partial charge < -0.3 is 16.0 Å². The number of rotatable bonds is 6. The predicted molar refractivity (Wildman–Crippen MR) is 128 cm³/mol. The van der Waals surface area contributed by atoms with E-state index in [4.69, 9.17) is 5.41 Å². The first kappa shape index (κ1) is 21.0. The second kappa shape index (κ2) is 10.2. The zero-order valence-electron chi connectivity index (χ0n) is 17.6. The lowest BCUT2D eigenvalue weighted by molar-refractivity contribution is 1.14. The molecule has 0 amide bonds. The van der Waals surface area contributed by atoms with Crippen LogP contribution in [0.25, 0.3) is 22.0 Å². The van der Waals surface area contributed by atoms with E-state index >= 15 is 0 Å². The third kappa shape index (κ3) is 4.63. The highest BCUT2D eigenvalue weighted by Gasteiger charge is 2.09. The van der Waals surface area contributed by atoms with Crippen LogP contribution in [0.2, 0.25) is 0 Å². The molecule has 0 aliphatic rings. The summed E-state index contributed by atoms with van der Waals surface area (Å²) in [7, 11) is 1.88. The zero-order valence-corrected chi connectivity index (χ0v) is 17.6. The van der Waals surface area contributed by atoms with Gasteiger partial charge in [-0.3, -0.25) is 9.97 Å². The Labute approximate surface area is 177 Å². The molecule has 30 heavy (non-hydrogen) atoms. The van der Waals surface area contributed by atoms with Crippen LogP contribution in [0, 0.1) is 5.41 Å². The summed E-state index contributed by atoms with van der Waals surface area (Å²) in [6, 6.07) is 18.4. The van der Waals surface area contributed by atoms with Gasteiger partial charge in [-0.2, -0.15) is 0 Å². The molecule has 5 heteroatoms. The Bertz CT molecular complexity index is 1120. The average molecular weight is 398 g/mol. The van der Waals surface area contributed by atoms with Crippen molar-refractivity contribution in [3.8, 4) is 11.1 Å². The fourth-order valence-corrected chi connectivity index (χ4v) is 3.22. The lowest BCUT2D eigenvalue weighted by atomic mass is 10.0. The fraction of sp³-hybridized carbons (Fsp3) is 0.160. The summed E-state index contributed by atoms with van der Waals surface area (Å²) in [5, 5.41) is 15.4. The van der Waals surface area contributed by atoms with Crippen LogP contribution < -0.4 is 10.6 Å². The Morgan fingerprint density at radius 2 is 1.73 bits per heavy atom. The van der Waals surface area contributed by atoms with Gasteiger partial charge in [-0.15, -0.1) is 0 Å². The number of hydrogen-bond donors (Lipinski definition) is 3. The van der Waals surface area contributed by atoms with Crippen molar-refractivity contribution in [3.63, 3.8) is 0 Å². The van der Waals surface area contributed by atoms with E-state index in [0.29, 0.717) is 6.54 Å². The summed E-state index contributed by atoms with van der Waals surface area (Å²) >= 11 is 0. The van der Waals surface area contributed by atoms with Crippen LogP contribution in [0.1, 0.15) is 25.0 Å². The Kier molecular flexibility index (Phi) is 7.11. The number of nitrogens with one attached hydrogen (secondary N) is 3. The summed E-state index contributed by atoms with van der Waals surface area (Å²) in [4.78, 5) is 8.88. The van der Waals surface area contributed by atoms with Crippen LogP contribution in [0.15, 0.2) is 73.2 Å². The smallest absolute Gasteiger partial charge is 0.0710 e. The maximum atomic E-state index is 7.97. The molecule has 0 atom stereocenters. The number of fused-ring (bicyclic) bond motifs is 1. The molecule has 5 nitrogen and oxygen atoms in total. The Morgan fingerprint density at radius 1 is 0.933 bits per heavy atom. The van der Waals surface area contributed by atoms with Crippen LogP contribution in [-0.4, -0.2) is 23.2 Å². The molecule has 2 aromatic carbocycles. The van der Waals surface area contributed by atoms with Crippen molar-refractivity contribution < 1.29 is 0 Å². The maximum absolute atomic E-state index is 7.97. The summed E-state index contributed by atoms with van der Waals surface area (Å²) in [5.74, 6) is 0. The molecule has 0 saturated carbocycles. The molecule has 0 aliphatic carbocycles. The van der Waals surface area contributed by atoms with Crippen LogP contribution >= 0.6 is 0 Å². The normalized spacial score (nSPS) is 10.1. The van der Waals surface area contributed by atoms with Crippen molar-refractivity contribution in [1.82, 2.24) is 9.97 Å². The Balaban J connectivity index is 0.00000124. The molecule has 0 radical (unpaired) electrons. The number of benzene rings is 2. The minimum absolute atomic E-state index is 0.683. The number of aromatic nitrogens is 2. The van der Waals surface area contributed by atoms with Gasteiger partial charge in [0.2, 0.25) is 0 Å². The SMILES string of the molecule is CC.CNc1cncc(-c2ccc3ncc(NCc4ccccc4)c(C=N)c3c2)c1. The van der Waals surface area contributed by atoms with E-state index in [1.165, 1.54) is 11.8 Å². The molecule has 0 fully saturated rings. The van der Waals surface area contributed by atoms with Crippen LogP contribution in [0.5, 0.6) is 0 Å². The van der Waals surface area contributed by atoms with E-state index in [1.807, 2.05) is 57.4 Å². The van der Waals surface area contributed by atoms with Crippen molar-refractivity contribution in [1.29, 1.82) is 5.41 Å². The van der Waals surface area contributed by atoms with E-state index in [-0.39, 0.29) is 0 Å². The van der Waals surface area contributed by atoms with Gasteiger partial charge in [-0.05, 0) is 29.3 Å². The molecule has 2 aromatic heterocycles. The first-order valence-electron chi connectivity index (χ1n) is 10.1. The highest BCUT2D eigenvalue weighted by Crippen LogP contribution is 2.29. The van der Waals surface area contributed by atoms with E-state index < -0.39 is 0 Å². The lowest BCUT2D eigenvalue weighted by Crippen LogP contribution is -2.03. The van der Waals surface area contributed by atoms with Crippen molar-refractivity contribution in [2.45, 2.75) is 20.4 Å². The standard InChI is InChI=1S/C23H21N5.C2H6/c1-25-19-9-18(13-26-14-19)17-7-8-22-20(10-17)21(11-24)23(15-28-22)27-12-16-5-3-2-4-6-16;1-2/h2-11,13-15,24-25,27H,12H2,1H3;1-2H3. The first-order valence-corrected chi connectivity index (χ1v) is 10.1. The number of hydrogen-bond acceptors (Lipinski definition) is 5. The van der Waals surface area contributed by atoms with Gasteiger partial charge in [0.05, 0.1) is 23.1 Å². The lowest BCUT2D eigenvalue weighted by Gasteiger charge is -2.13. The monoisotopic (exact) mass is 397 g/mol. The Hall–Kier alpha value is -3.73. The van der Waals surface area contributed by atoms with Crippen molar-refractivity contribution >= 4 is 28.5 Å². The molecule has 2 heterocycles. The van der Waals surface area contributed by atoms with E-state index in [9.17, 15) is 0 Å². The second-order valence-corrected chi connectivity index (χ2v) is 6.51. The molecule has 0 aliphatic heterocycles. The fourth-order valence-electron chi connectivity index (χ4n) is 3.22. The summed E-state index contributed by atoms with van der Waals surface area (Å²) < 4.78 is 0. The minimum atomic E-state index is 0.683. The number of nitrogens with zero attached hydrogens (tertiary/aromatic N) is 2. The van der Waals surface area contributed by atoms with Gasteiger partial charge in [0, 0.05) is 48.7 Å². The van der Waals surface area contributed by atoms with Crippen LogP contribution in [-0.2, 0) is 6.54 Å². The van der Waals surface area contributed by atoms with Gasteiger partial charge in [-0.25, -0.2) is 0 Å². The number of pyridine rings is 2. The highest BCUT2D eigenvalue weighted by atomic mass is 14.9. The minimum Gasteiger partial charge on any atom is -0.387 e. The molecule has 4 aromatic rings. The van der Waals surface area contributed by atoms with Crippen molar-refractivity contribution in [2.24, 2.45) is 0 Å². The highest BCUT2D eigenvalue weighted by molar-refractivity contribution is 6.03. The van der Waals surface area contributed by atoms with Crippen LogP contribution in [0.3, 0.4) is 0 Å². The topological polar surface area (TPSA) is 73.7 Å². The molecule has 152 valence electrons. The second-order valence-electron chi connectivity index (χ2n) is 6.51. The van der Waals surface area contributed by atoms with Gasteiger partial charge in [0.1, 0.15) is 0 Å². The number of anilines is 2. The third-order valence-corrected chi connectivity index (χ3v) is 4.74. The summed E-state index contributed by atoms with van der Waals surface area (Å²) in [6.45, 7) is 4.68. The largest absolute Gasteiger partial charge is 0.387 e. The maximum Gasteiger partial charge on any atom is 0.0710 e. The Morgan fingerprint density at radius 3 is 2.47 bits per heavy atom. The molecule has 0 bridgehead atoms. The molecular formula is C25H27N5. The van der Waals surface area contributed by atoms with E-state index in [2.05, 4.69) is 44.9 Å². The molecule has 4 rings (SSSR count). The van der Waals surface area contributed by atoms with Gasteiger partial charge in [0.15, 0.2) is 0 Å². The molecule has 0 unspecified atom stereocenters. The summed E-state index contributed by atoms with van der Waals surface area (Å²) in [6.07, 6.45) is 6.83. The molecule has 0 saturated heterocycles. The average Bonchev–Trinajstić information content (AvgIpc) is 2.83. The van der Waals surface area contributed by atoms with Crippen LogP contribution in [0.4, 0.5) is 11.4 Å². The van der Waals surface area contributed by atoms with Gasteiger partial charge in [0.25, 0.3) is 0 Å².